The van der Waals surface area contributed by atoms with Gasteiger partial charge in [0, 0.05) is 12.1 Å². The van der Waals surface area contributed by atoms with E-state index >= 15 is 0 Å². The quantitative estimate of drug-likeness (QED) is 0.870. The molecule has 0 unspecified atom stereocenters. The van der Waals surface area contributed by atoms with Crippen LogP contribution in [0.2, 0.25) is 0 Å². The Kier molecular flexibility index (Phi) is 5.07. The van der Waals surface area contributed by atoms with Gasteiger partial charge in [0.05, 0.1) is 0 Å². The monoisotopic (exact) mass is 277 g/mol. The molecule has 0 aliphatic rings. The van der Waals surface area contributed by atoms with Crippen LogP contribution >= 0.6 is 0 Å². The van der Waals surface area contributed by atoms with Crippen LogP contribution in [0.1, 0.15) is 18.1 Å². The van der Waals surface area contributed by atoms with Crippen molar-refractivity contribution >= 4 is 0 Å². The summed E-state index contributed by atoms with van der Waals surface area (Å²) in [4.78, 5) is 0. The van der Waals surface area contributed by atoms with E-state index in [4.69, 9.17) is 4.74 Å². The minimum Gasteiger partial charge on any atom is -0.489 e. The number of hydrogen-bond donors (Lipinski definition) is 1. The Labute approximate surface area is 117 Å². The van der Waals surface area contributed by atoms with Gasteiger partial charge in [-0.05, 0) is 30.3 Å². The molecular weight excluding hydrogens is 260 g/mol. The lowest BCUT2D eigenvalue weighted by atomic mass is 10.2. The first kappa shape index (κ1) is 14.5. The fraction of sp³-hybridized carbons (Fsp3) is 0.250. The zero-order valence-corrected chi connectivity index (χ0v) is 11.3. The van der Waals surface area contributed by atoms with Gasteiger partial charge in [-0.2, -0.15) is 0 Å². The normalized spacial score (nSPS) is 10.6. The van der Waals surface area contributed by atoms with E-state index < -0.39 is 11.6 Å². The van der Waals surface area contributed by atoms with Crippen LogP contribution in [0.5, 0.6) is 5.75 Å². The van der Waals surface area contributed by atoms with Crippen molar-refractivity contribution < 1.29 is 13.5 Å². The Balaban J connectivity index is 1.95. The number of halogens is 2. The molecule has 4 heteroatoms. The number of hydrogen-bond acceptors (Lipinski definition) is 2. The topological polar surface area (TPSA) is 21.3 Å². The molecule has 0 atom stereocenters. The molecule has 0 fully saturated rings. The van der Waals surface area contributed by atoms with Crippen LogP contribution < -0.4 is 10.1 Å². The molecule has 0 radical (unpaired) electrons. The van der Waals surface area contributed by atoms with Crippen LogP contribution in [-0.2, 0) is 13.2 Å². The molecule has 2 nitrogen and oxygen atoms in total. The molecule has 0 bridgehead atoms. The van der Waals surface area contributed by atoms with Crippen LogP contribution in [0.25, 0.3) is 0 Å². The molecular formula is C16H17F2NO. The van der Waals surface area contributed by atoms with Gasteiger partial charge < -0.3 is 10.1 Å². The summed E-state index contributed by atoms with van der Waals surface area (Å²) in [5.74, 6) is -1.07. The third-order valence-corrected chi connectivity index (χ3v) is 2.93. The lowest BCUT2D eigenvalue weighted by Gasteiger charge is -2.08. The van der Waals surface area contributed by atoms with E-state index in [0.29, 0.717) is 5.75 Å². The molecule has 0 spiro atoms. The van der Waals surface area contributed by atoms with Crippen molar-refractivity contribution in [3.63, 3.8) is 0 Å². The average molecular weight is 277 g/mol. The highest BCUT2D eigenvalue weighted by Gasteiger charge is 2.07. The van der Waals surface area contributed by atoms with Gasteiger partial charge in [-0.3, -0.25) is 0 Å². The molecule has 0 saturated heterocycles. The third-order valence-electron chi connectivity index (χ3n) is 2.93. The van der Waals surface area contributed by atoms with Gasteiger partial charge in [0.2, 0.25) is 0 Å². The molecule has 0 amide bonds. The summed E-state index contributed by atoms with van der Waals surface area (Å²) in [6.45, 7) is 3.77. The minimum atomic E-state index is -0.855. The number of benzene rings is 2. The number of ether oxygens (including phenoxy) is 1. The van der Waals surface area contributed by atoms with E-state index in [1.807, 2.05) is 31.2 Å². The maximum atomic E-state index is 13.4. The van der Waals surface area contributed by atoms with E-state index in [0.717, 1.165) is 24.7 Å². The molecule has 0 aliphatic heterocycles. The number of nitrogens with one attached hydrogen (secondary N) is 1. The summed E-state index contributed by atoms with van der Waals surface area (Å²) in [6, 6.07) is 11.6. The lowest BCUT2D eigenvalue weighted by molar-refractivity contribution is 0.297. The molecule has 0 heterocycles. The van der Waals surface area contributed by atoms with Gasteiger partial charge in [-0.25, -0.2) is 8.78 Å². The van der Waals surface area contributed by atoms with Crippen molar-refractivity contribution in [2.24, 2.45) is 0 Å². The van der Waals surface area contributed by atoms with E-state index in [1.165, 1.54) is 12.1 Å². The van der Waals surface area contributed by atoms with Gasteiger partial charge in [-0.15, -0.1) is 0 Å². The van der Waals surface area contributed by atoms with Crippen LogP contribution in [0, 0.1) is 11.6 Å². The van der Waals surface area contributed by atoms with Crippen molar-refractivity contribution in [3.8, 4) is 5.75 Å². The Hall–Kier alpha value is -1.94. The van der Waals surface area contributed by atoms with Crippen LogP contribution in [0.15, 0.2) is 42.5 Å². The van der Waals surface area contributed by atoms with E-state index in [2.05, 4.69) is 5.32 Å². The highest BCUT2D eigenvalue weighted by Crippen LogP contribution is 2.17. The predicted molar refractivity (Wildman–Crippen MR) is 74.5 cm³/mol. The summed E-state index contributed by atoms with van der Waals surface area (Å²) in [5, 5.41) is 3.22. The first-order chi connectivity index (χ1) is 9.70. The first-order valence-corrected chi connectivity index (χ1v) is 6.56. The Morgan fingerprint density at radius 2 is 1.80 bits per heavy atom. The maximum Gasteiger partial charge on any atom is 0.165 e. The van der Waals surface area contributed by atoms with Crippen molar-refractivity contribution in [1.82, 2.24) is 5.32 Å². The first-order valence-electron chi connectivity index (χ1n) is 6.56. The maximum absolute atomic E-state index is 13.4. The fourth-order valence-electron chi connectivity index (χ4n) is 1.79. The second kappa shape index (κ2) is 7.01. The SMILES string of the molecule is CCNCc1ccc(OCc2cccc(F)c2F)cc1. The Morgan fingerprint density at radius 1 is 1.05 bits per heavy atom. The van der Waals surface area contributed by atoms with Crippen LogP contribution in [0.4, 0.5) is 8.78 Å². The van der Waals surface area contributed by atoms with Crippen LogP contribution in [0.3, 0.4) is 0 Å². The van der Waals surface area contributed by atoms with Crippen molar-refractivity contribution in [3.05, 3.63) is 65.2 Å². The Bertz CT molecular complexity index is 555. The molecule has 2 aromatic carbocycles. The van der Waals surface area contributed by atoms with Gasteiger partial charge in [0.25, 0.3) is 0 Å². The third kappa shape index (κ3) is 3.78. The summed E-state index contributed by atoms with van der Waals surface area (Å²) >= 11 is 0. The summed E-state index contributed by atoms with van der Waals surface area (Å²) in [7, 11) is 0. The summed E-state index contributed by atoms with van der Waals surface area (Å²) < 4.78 is 31.9. The Morgan fingerprint density at radius 3 is 2.50 bits per heavy atom. The second-order valence-corrected chi connectivity index (χ2v) is 4.43. The van der Waals surface area contributed by atoms with E-state index in [-0.39, 0.29) is 12.2 Å². The zero-order chi connectivity index (χ0) is 14.4. The van der Waals surface area contributed by atoms with Crippen molar-refractivity contribution in [1.29, 1.82) is 0 Å². The lowest BCUT2D eigenvalue weighted by Crippen LogP contribution is -2.11. The van der Waals surface area contributed by atoms with Crippen LogP contribution in [-0.4, -0.2) is 6.54 Å². The van der Waals surface area contributed by atoms with Gasteiger partial charge in [0.15, 0.2) is 11.6 Å². The molecule has 20 heavy (non-hydrogen) atoms. The van der Waals surface area contributed by atoms with Crippen molar-refractivity contribution in [2.45, 2.75) is 20.1 Å². The second-order valence-electron chi connectivity index (χ2n) is 4.43. The van der Waals surface area contributed by atoms with Gasteiger partial charge in [-0.1, -0.05) is 31.2 Å². The molecule has 1 N–H and O–H groups in total. The van der Waals surface area contributed by atoms with E-state index in [9.17, 15) is 8.78 Å². The minimum absolute atomic E-state index is 0.0101. The molecule has 106 valence electrons. The molecule has 0 aliphatic carbocycles. The highest BCUT2D eigenvalue weighted by molar-refractivity contribution is 5.28. The standard InChI is InChI=1S/C16H17F2NO/c1-2-19-10-12-6-8-14(9-7-12)20-11-13-4-3-5-15(17)16(13)18/h3-9,19H,2,10-11H2,1H3. The van der Waals surface area contributed by atoms with Gasteiger partial charge in [0.1, 0.15) is 12.4 Å². The zero-order valence-electron chi connectivity index (χ0n) is 11.3. The fourth-order valence-corrected chi connectivity index (χ4v) is 1.79. The molecule has 0 saturated carbocycles. The molecule has 2 rings (SSSR count). The largest absolute Gasteiger partial charge is 0.489 e. The average Bonchev–Trinajstić information content (AvgIpc) is 2.48. The van der Waals surface area contributed by atoms with E-state index in [1.54, 1.807) is 0 Å². The predicted octanol–water partition coefficient (Wildman–Crippen LogP) is 3.65. The number of rotatable bonds is 6. The summed E-state index contributed by atoms with van der Waals surface area (Å²) in [5.41, 5.74) is 1.36. The smallest absolute Gasteiger partial charge is 0.165 e. The van der Waals surface area contributed by atoms with Crippen molar-refractivity contribution in [2.75, 3.05) is 6.54 Å². The molecule has 0 aromatic heterocycles. The van der Waals surface area contributed by atoms with Gasteiger partial charge >= 0.3 is 0 Å². The summed E-state index contributed by atoms with van der Waals surface area (Å²) in [6.07, 6.45) is 0. The highest BCUT2D eigenvalue weighted by atomic mass is 19.2. The molecule has 2 aromatic rings.